The van der Waals surface area contributed by atoms with Crippen LogP contribution >= 0.6 is 0 Å². The largest absolute Gasteiger partial charge is 0.381 e. The molecule has 1 amide bonds. The molecule has 22 heavy (non-hydrogen) atoms. The summed E-state index contributed by atoms with van der Waals surface area (Å²) >= 11 is 0. The average Bonchev–Trinajstić information content (AvgIpc) is 3.08. The molecule has 0 aromatic carbocycles. The van der Waals surface area contributed by atoms with Crippen LogP contribution in [0.1, 0.15) is 19.3 Å². The fourth-order valence-corrected chi connectivity index (χ4v) is 3.83. The molecule has 0 aromatic heterocycles. The van der Waals surface area contributed by atoms with Crippen molar-refractivity contribution in [1.82, 2.24) is 9.80 Å². The second-order valence-corrected chi connectivity index (χ2v) is 6.92. The lowest BCUT2D eigenvalue weighted by Crippen LogP contribution is -2.56. The van der Waals surface area contributed by atoms with Gasteiger partial charge in [-0.05, 0) is 25.2 Å². The van der Waals surface area contributed by atoms with Crippen LogP contribution in [-0.2, 0) is 14.3 Å². The van der Waals surface area contributed by atoms with Crippen LogP contribution in [0, 0.1) is 11.3 Å². The summed E-state index contributed by atoms with van der Waals surface area (Å²) in [5.41, 5.74) is 5.58. The van der Waals surface area contributed by atoms with Gasteiger partial charge in [0.2, 0.25) is 5.91 Å². The van der Waals surface area contributed by atoms with Crippen molar-refractivity contribution in [2.45, 2.75) is 19.3 Å². The monoisotopic (exact) mass is 311 g/mol. The summed E-state index contributed by atoms with van der Waals surface area (Å²) < 4.78 is 10.9. The Morgan fingerprint density at radius 3 is 2.41 bits per heavy atom. The third kappa shape index (κ3) is 3.45. The first kappa shape index (κ1) is 16.2. The molecule has 6 nitrogen and oxygen atoms in total. The lowest BCUT2D eigenvalue weighted by molar-refractivity contribution is -0.149. The molecule has 1 unspecified atom stereocenters. The molecule has 0 aromatic rings. The Morgan fingerprint density at radius 1 is 1.09 bits per heavy atom. The molecule has 1 atom stereocenters. The van der Waals surface area contributed by atoms with Gasteiger partial charge in [-0.3, -0.25) is 9.69 Å². The molecule has 3 fully saturated rings. The second-order valence-electron chi connectivity index (χ2n) is 6.92. The Bertz CT molecular complexity index is 371. The van der Waals surface area contributed by atoms with Gasteiger partial charge >= 0.3 is 0 Å². The number of nitrogens with zero attached hydrogens (tertiary/aromatic N) is 2. The van der Waals surface area contributed by atoms with Gasteiger partial charge in [0.25, 0.3) is 0 Å². The van der Waals surface area contributed by atoms with E-state index >= 15 is 0 Å². The summed E-state index contributed by atoms with van der Waals surface area (Å²) in [5.74, 6) is 0.926. The Kier molecular flexibility index (Phi) is 5.33. The third-order valence-corrected chi connectivity index (χ3v) is 5.49. The Hall–Kier alpha value is -0.690. The summed E-state index contributed by atoms with van der Waals surface area (Å²) in [5, 5.41) is 0. The first-order valence-corrected chi connectivity index (χ1v) is 8.61. The molecule has 3 aliphatic rings. The smallest absolute Gasteiger partial charge is 0.230 e. The number of hydrogen-bond donors (Lipinski definition) is 1. The van der Waals surface area contributed by atoms with Crippen molar-refractivity contribution in [2.75, 3.05) is 65.7 Å². The summed E-state index contributed by atoms with van der Waals surface area (Å²) in [7, 11) is 0. The van der Waals surface area contributed by atoms with E-state index in [4.69, 9.17) is 15.2 Å². The van der Waals surface area contributed by atoms with Crippen LogP contribution in [0.3, 0.4) is 0 Å². The molecule has 0 spiro atoms. The maximum Gasteiger partial charge on any atom is 0.230 e. The molecule has 0 saturated carbocycles. The van der Waals surface area contributed by atoms with Gasteiger partial charge in [0.05, 0.1) is 12.0 Å². The van der Waals surface area contributed by atoms with Crippen molar-refractivity contribution in [3.8, 4) is 0 Å². The lowest BCUT2D eigenvalue weighted by atomic mass is 9.78. The van der Waals surface area contributed by atoms with Gasteiger partial charge in [-0.1, -0.05) is 0 Å². The summed E-state index contributed by atoms with van der Waals surface area (Å²) in [6.07, 6.45) is 2.71. The number of nitrogens with two attached hydrogens (primary N) is 1. The SMILES string of the molecule is NCC1(C(=O)N2CCN(CC3CCOC3)CC2)CCOCC1. The highest BCUT2D eigenvalue weighted by Gasteiger charge is 2.42. The molecule has 3 aliphatic heterocycles. The fourth-order valence-electron chi connectivity index (χ4n) is 3.83. The highest BCUT2D eigenvalue weighted by molar-refractivity contribution is 5.83. The van der Waals surface area contributed by atoms with E-state index in [0.717, 1.165) is 58.8 Å². The van der Waals surface area contributed by atoms with Crippen LogP contribution < -0.4 is 5.73 Å². The molecular weight excluding hydrogens is 282 g/mol. The van der Waals surface area contributed by atoms with Gasteiger partial charge in [-0.25, -0.2) is 0 Å². The van der Waals surface area contributed by atoms with Crippen LogP contribution in [0.2, 0.25) is 0 Å². The van der Waals surface area contributed by atoms with E-state index in [2.05, 4.69) is 4.90 Å². The molecule has 0 radical (unpaired) electrons. The molecule has 0 aliphatic carbocycles. The number of hydrogen-bond acceptors (Lipinski definition) is 5. The summed E-state index contributed by atoms with van der Waals surface area (Å²) in [4.78, 5) is 17.4. The summed E-state index contributed by atoms with van der Waals surface area (Å²) in [6.45, 7) is 8.27. The molecule has 6 heteroatoms. The predicted molar refractivity (Wildman–Crippen MR) is 83.5 cm³/mol. The highest BCUT2D eigenvalue weighted by atomic mass is 16.5. The van der Waals surface area contributed by atoms with E-state index < -0.39 is 0 Å². The van der Waals surface area contributed by atoms with E-state index in [0.29, 0.717) is 25.7 Å². The van der Waals surface area contributed by atoms with Crippen LogP contribution in [0.15, 0.2) is 0 Å². The van der Waals surface area contributed by atoms with E-state index in [-0.39, 0.29) is 11.3 Å². The van der Waals surface area contributed by atoms with Gasteiger partial charge in [-0.15, -0.1) is 0 Å². The van der Waals surface area contributed by atoms with Gasteiger partial charge in [0, 0.05) is 59.1 Å². The predicted octanol–water partition coefficient (Wildman–Crippen LogP) is -0.0774. The van der Waals surface area contributed by atoms with Crippen molar-refractivity contribution in [2.24, 2.45) is 17.1 Å². The van der Waals surface area contributed by atoms with Crippen LogP contribution in [-0.4, -0.2) is 81.4 Å². The minimum atomic E-state index is -0.375. The number of carbonyl (C=O) groups excluding carboxylic acids is 1. The fraction of sp³-hybridized carbons (Fsp3) is 0.938. The molecule has 0 bridgehead atoms. The standard InChI is InChI=1S/C16H29N3O3/c17-13-16(2-9-21-10-3-16)15(20)19-6-4-18(5-7-19)11-14-1-8-22-12-14/h14H,1-13,17H2. The number of amides is 1. The maximum atomic E-state index is 12.9. The number of ether oxygens (including phenoxy) is 2. The molecule has 3 heterocycles. The molecule has 126 valence electrons. The first-order chi connectivity index (χ1) is 10.7. The van der Waals surface area contributed by atoms with E-state index in [1.54, 1.807) is 0 Å². The number of piperazine rings is 1. The first-order valence-electron chi connectivity index (χ1n) is 8.61. The van der Waals surface area contributed by atoms with Gasteiger partial charge in [0.15, 0.2) is 0 Å². The average molecular weight is 311 g/mol. The van der Waals surface area contributed by atoms with Crippen molar-refractivity contribution in [3.05, 3.63) is 0 Å². The quantitative estimate of drug-likeness (QED) is 0.787. The number of carbonyl (C=O) groups is 1. The lowest BCUT2D eigenvalue weighted by Gasteiger charge is -2.42. The van der Waals surface area contributed by atoms with Crippen LogP contribution in [0.4, 0.5) is 0 Å². The van der Waals surface area contributed by atoms with E-state index in [1.807, 2.05) is 4.90 Å². The van der Waals surface area contributed by atoms with Crippen molar-refractivity contribution < 1.29 is 14.3 Å². The number of rotatable bonds is 4. The third-order valence-electron chi connectivity index (χ3n) is 5.49. The normalized spacial score (nSPS) is 29.7. The van der Waals surface area contributed by atoms with E-state index in [1.165, 1.54) is 6.42 Å². The minimum absolute atomic E-state index is 0.252. The van der Waals surface area contributed by atoms with Crippen LogP contribution in [0.5, 0.6) is 0 Å². The second kappa shape index (κ2) is 7.25. The van der Waals surface area contributed by atoms with Crippen molar-refractivity contribution in [1.29, 1.82) is 0 Å². The van der Waals surface area contributed by atoms with Gasteiger partial charge < -0.3 is 20.1 Å². The van der Waals surface area contributed by atoms with Crippen molar-refractivity contribution >= 4 is 5.91 Å². The zero-order chi connectivity index (χ0) is 15.4. The molecular formula is C16H29N3O3. The topological polar surface area (TPSA) is 68.0 Å². The van der Waals surface area contributed by atoms with Gasteiger partial charge in [-0.2, -0.15) is 0 Å². The molecule has 3 saturated heterocycles. The molecule has 3 rings (SSSR count). The minimum Gasteiger partial charge on any atom is -0.381 e. The Balaban J connectivity index is 1.50. The zero-order valence-electron chi connectivity index (χ0n) is 13.5. The molecule has 2 N–H and O–H groups in total. The Labute approximate surface area is 132 Å². The van der Waals surface area contributed by atoms with Crippen LogP contribution in [0.25, 0.3) is 0 Å². The maximum absolute atomic E-state index is 12.9. The Morgan fingerprint density at radius 2 is 1.82 bits per heavy atom. The zero-order valence-corrected chi connectivity index (χ0v) is 13.5. The van der Waals surface area contributed by atoms with Gasteiger partial charge in [0.1, 0.15) is 0 Å². The highest BCUT2D eigenvalue weighted by Crippen LogP contribution is 2.32. The van der Waals surface area contributed by atoms with E-state index in [9.17, 15) is 4.79 Å². The van der Waals surface area contributed by atoms with Crippen molar-refractivity contribution in [3.63, 3.8) is 0 Å². The summed E-state index contributed by atoms with van der Waals surface area (Å²) in [6, 6.07) is 0.